The number of hydrogen-bond donors (Lipinski definition) is 0. The summed E-state index contributed by atoms with van der Waals surface area (Å²) in [4.78, 5) is 16.9. The molecule has 3 aromatic rings. The van der Waals surface area contributed by atoms with Gasteiger partial charge in [0.15, 0.2) is 0 Å². The predicted octanol–water partition coefficient (Wildman–Crippen LogP) is 2.91. The van der Waals surface area contributed by atoms with Crippen LogP contribution in [-0.2, 0) is 7.05 Å². The highest BCUT2D eigenvalue weighted by atomic mass is 16.1. The van der Waals surface area contributed by atoms with Crippen LogP contribution in [0.2, 0.25) is 0 Å². The Morgan fingerprint density at radius 2 is 1.68 bits per heavy atom. The van der Waals surface area contributed by atoms with E-state index in [4.69, 9.17) is 0 Å². The molecule has 0 atom stereocenters. The van der Waals surface area contributed by atoms with E-state index in [2.05, 4.69) is 4.98 Å². The van der Waals surface area contributed by atoms with Gasteiger partial charge in [-0.1, -0.05) is 42.0 Å². The zero-order valence-electron chi connectivity index (χ0n) is 10.9. The van der Waals surface area contributed by atoms with Gasteiger partial charge in [0.2, 0.25) is 0 Å². The van der Waals surface area contributed by atoms with E-state index in [0.29, 0.717) is 11.2 Å². The maximum atomic E-state index is 12.3. The highest BCUT2D eigenvalue weighted by Crippen LogP contribution is 2.18. The molecular weight excluding hydrogens is 236 g/mol. The minimum Gasteiger partial charge on any atom is -0.295 e. The minimum atomic E-state index is -0.0128. The molecule has 0 saturated carbocycles. The Labute approximate surface area is 111 Å². The molecule has 1 aromatic heterocycles. The van der Waals surface area contributed by atoms with Crippen LogP contribution in [0, 0.1) is 6.92 Å². The van der Waals surface area contributed by atoms with E-state index in [9.17, 15) is 4.79 Å². The van der Waals surface area contributed by atoms with Gasteiger partial charge in [0.1, 0.15) is 5.82 Å². The first-order valence-corrected chi connectivity index (χ1v) is 6.19. The SMILES string of the molecule is Cc1ccc(-c2nc3ccccc3c(=O)n2C)cc1. The third-order valence-electron chi connectivity index (χ3n) is 3.29. The molecule has 0 amide bonds. The van der Waals surface area contributed by atoms with Crippen LogP contribution >= 0.6 is 0 Å². The van der Waals surface area contributed by atoms with Crippen molar-refractivity contribution in [2.24, 2.45) is 7.05 Å². The van der Waals surface area contributed by atoms with Crippen molar-refractivity contribution in [3.63, 3.8) is 0 Å². The van der Waals surface area contributed by atoms with E-state index < -0.39 is 0 Å². The molecule has 19 heavy (non-hydrogen) atoms. The van der Waals surface area contributed by atoms with E-state index in [0.717, 1.165) is 11.1 Å². The summed E-state index contributed by atoms with van der Waals surface area (Å²) in [7, 11) is 1.76. The molecular formula is C16H14N2O. The number of nitrogens with zero attached hydrogens (tertiary/aromatic N) is 2. The topological polar surface area (TPSA) is 34.9 Å². The molecule has 94 valence electrons. The highest BCUT2D eigenvalue weighted by molar-refractivity contribution is 5.79. The van der Waals surface area contributed by atoms with Crippen molar-refractivity contribution in [3.8, 4) is 11.4 Å². The summed E-state index contributed by atoms with van der Waals surface area (Å²) in [5.74, 6) is 0.698. The summed E-state index contributed by atoms with van der Waals surface area (Å²) in [5.41, 5.74) is 2.87. The molecule has 2 aromatic carbocycles. The molecule has 1 heterocycles. The van der Waals surface area contributed by atoms with Gasteiger partial charge in [-0.15, -0.1) is 0 Å². The van der Waals surface area contributed by atoms with Crippen molar-refractivity contribution >= 4 is 10.9 Å². The summed E-state index contributed by atoms with van der Waals surface area (Å²) in [6, 6.07) is 15.5. The summed E-state index contributed by atoms with van der Waals surface area (Å²) in [5, 5.41) is 0.654. The Morgan fingerprint density at radius 3 is 2.42 bits per heavy atom. The van der Waals surface area contributed by atoms with Crippen molar-refractivity contribution in [3.05, 3.63) is 64.4 Å². The lowest BCUT2D eigenvalue weighted by Crippen LogP contribution is -2.20. The molecule has 0 saturated heterocycles. The molecule has 3 rings (SSSR count). The average molecular weight is 250 g/mol. The first-order chi connectivity index (χ1) is 9.16. The van der Waals surface area contributed by atoms with Gasteiger partial charge in [-0.25, -0.2) is 4.98 Å². The van der Waals surface area contributed by atoms with Gasteiger partial charge in [-0.2, -0.15) is 0 Å². The van der Waals surface area contributed by atoms with Crippen LogP contribution < -0.4 is 5.56 Å². The smallest absolute Gasteiger partial charge is 0.261 e. The lowest BCUT2D eigenvalue weighted by molar-refractivity contribution is 0.856. The number of hydrogen-bond acceptors (Lipinski definition) is 2. The molecule has 0 bridgehead atoms. The van der Waals surface area contributed by atoms with Gasteiger partial charge < -0.3 is 0 Å². The number of benzene rings is 2. The van der Waals surface area contributed by atoms with Crippen molar-refractivity contribution < 1.29 is 0 Å². The van der Waals surface area contributed by atoms with Crippen molar-refractivity contribution in [2.75, 3.05) is 0 Å². The highest BCUT2D eigenvalue weighted by Gasteiger charge is 2.09. The third kappa shape index (κ3) is 1.93. The molecule has 3 heteroatoms. The summed E-state index contributed by atoms with van der Waals surface area (Å²) in [6.07, 6.45) is 0. The normalized spacial score (nSPS) is 10.8. The number of rotatable bonds is 1. The summed E-state index contributed by atoms with van der Waals surface area (Å²) < 4.78 is 1.60. The maximum Gasteiger partial charge on any atom is 0.261 e. The van der Waals surface area contributed by atoms with Gasteiger partial charge in [-0.05, 0) is 19.1 Å². The lowest BCUT2D eigenvalue weighted by Gasteiger charge is -2.09. The molecule has 0 fully saturated rings. The van der Waals surface area contributed by atoms with Crippen LogP contribution in [0.25, 0.3) is 22.3 Å². The predicted molar refractivity (Wildman–Crippen MR) is 77.2 cm³/mol. The quantitative estimate of drug-likeness (QED) is 0.665. The Bertz CT molecular complexity index is 801. The Balaban J connectivity index is 2.33. The Kier molecular flexibility index (Phi) is 2.67. The zero-order valence-corrected chi connectivity index (χ0v) is 10.9. The number of fused-ring (bicyclic) bond motifs is 1. The maximum absolute atomic E-state index is 12.3. The average Bonchev–Trinajstić information content (AvgIpc) is 2.44. The van der Waals surface area contributed by atoms with Crippen molar-refractivity contribution in [2.45, 2.75) is 6.92 Å². The first-order valence-electron chi connectivity index (χ1n) is 6.19. The first kappa shape index (κ1) is 11.7. The minimum absolute atomic E-state index is 0.0128. The fourth-order valence-electron chi connectivity index (χ4n) is 2.18. The number of aromatic nitrogens is 2. The second kappa shape index (κ2) is 4.35. The molecule has 0 radical (unpaired) electrons. The Hall–Kier alpha value is -2.42. The zero-order chi connectivity index (χ0) is 13.4. The molecule has 0 aliphatic carbocycles. The van der Waals surface area contributed by atoms with Gasteiger partial charge in [0, 0.05) is 12.6 Å². The fourth-order valence-corrected chi connectivity index (χ4v) is 2.18. The molecule has 0 spiro atoms. The van der Waals surface area contributed by atoms with Gasteiger partial charge >= 0.3 is 0 Å². The number of aryl methyl sites for hydroxylation is 1. The van der Waals surface area contributed by atoms with E-state index in [-0.39, 0.29) is 5.56 Å². The van der Waals surface area contributed by atoms with E-state index >= 15 is 0 Å². The molecule has 3 nitrogen and oxygen atoms in total. The summed E-state index contributed by atoms with van der Waals surface area (Å²) in [6.45, 7) is 2.04. The fraction of sp³-hybridized carbons (Fsp3) is 0.125. The van der Waals surface area contributed by atoms with Crippen LogP contribution in [-0.4, -0.2) is 9.55 Å². The van der Waals surface area contributed by atoms with Gasteiger partial charge in [-0.3, -0.25) is 9.36 Å². The van der Waals surface area contributed by atoms with Crippen LogP contribution in [0.15, 0.2) is 53.3 Å². The van der Waals surface area contributed by atoms with E-state index in [1.165, 1.54) is 5.56 Å². The van der Waals surface area contributed by atoms with Crippen LogP contribution in [0.3, 0.4) is 0 Å². The second-order valence-electron chi connectivity index (χ2n) is 4.68. The number of para-hydroxylation sites is 1. The third-order valence-corrected chi connectivity index (χ3v) is 3.29. The largest absolute Gasteiger partial charge is 0.295 e. The molecule has 0 aliphatic rings. The molecule has 0 aliphatic heterocycles. The van der Waals surface area contributed by atoms with Crippen LogP contribution in [0.5, 0.6) is 0 Å². The monoisotopic (exact) mass is 250 g/mol. The van der Waals surface area contributed by atoms with Gasteiger partial charge in [0.25, 0.3) is 5.56 Å². The standard InChI is InChI=1S/C16H14N2O/c1-11-7-9-12(10-8-11)15-17-14-6-4-3-5-13(14)16(19)18(15)2/h3-10H,1-2H3. The van der Waals surface area contributed by atoms with Crippen molar-refractivity contribution in [1.82, 2.24) is 9.55 Å². The van der Waals surface area contributed by atoms with Gasteiger partial charge in [0.05, 0.1) is 10.9 Å². The molecule has 0 N–H and O–H groups in total. The lowest BCUT2D eigenvalue weighted by atomic mass is 10.1. The molecule has 0 unspecified atom stereocenters. The van der Waals surface area contributed by atoms with E-state index in [1.807, 2.05) is 55.5 Å². The second-order valence-corrected chi connectivity index (χ2v) is 4.68. The van der Waals surface area contributed by atoms with Crippen molar-refractivity contribution in [1.29, 1.82) is 0 Å². The Morgan fingerprint density at radius 1 is 1.00 bits per heavy atom. The van der Waals surface area contributed by atoms with Crippen LogP contribution in [0.4, 0.5) is 0 Å². The van der Waals surface area contributed by atoms with E-state index in [1.54, 1.807) is 11.6 Å². The van der Waals surface area contributed by atoms with Crippen LogP contribution in [0.1, 0.15) is 5.56 Å². The summed E-state index contributed by atoms with van der Waals surface area (Å²) >= 11 is 0.